The first-order chi connectivity index (χ1) is 13.2. The monoisotopic (exact) mass is 360 g/mol. The number of hydrogen-bond acceptors (Lipinski definition) is 4. The molecule has 0 spiro atoms. The van der Waals surface area contributed by atoms with Crippen molar-refractivity contribution in [2.24, 2.45) is 0 Å². The summed E-state index contributed by atoms with van der Waals surface area (Å²) in [5.74, 6) is 2.67. The Morgan fingerprint density at radius 2 is 1.56 bits per heavy atom. The van der Waals surface area contributed by atoms with Crippen LogP contribution in [0.4, 0.5) is 11.6 Å². The van der Waals surface area contributed by atoms with Crippen LogP contribution in [-0.4, -0.2) is 23.1 Å². The van der Waals surface area contributed by atoms with Crippen molar-refractivity contribution in [1.29, 1.82) is 0 Å². The van der Waals surface area contributed by atoms with Crippen molar-refractivity contribution in [2.75, 3.05) is 23.3 Å². The molecule has 1 N–H and O–H groups in total. The van der Waals surface area contributed by atoms with Gasteiger partial charge in [-0.1, -0.05) is 60.7 Å². The van der Waals surface area contributed by atoms with Crippen LogP contribution in [0.2, 0.25) is 0 Å². The zero-order valence-corrected chi connectivity index (χ0v) is 16.2. The van der Waals surface area contributed by atoms with E-state index in [1.54, 1.807) is 0 Å². The van der Waals surface area contributed by atoms with Crippen LogP contribution in [0.25, 0.3) is 0 Å². The smallest absolute Gasteiger partial charge is 0.134 e. The Balaban J connectivity index is 1.60. The third kappa shape index (κ3) is 5.81. The van der Waals surface area contributed by atoms with E-state index in [2.05, 4.69) is 87.8 Å². The highest BCUT2D eigenvalue weighted by atomic mass is 15.2. The quantitative estimate of drug-likeness (QED) is 0.554. The molecule has 0 unspecified atom stereocenters. The van der Waals surface area contributed by atoms with E-state index >= 15 is 0 Å². The maximum Gasteiger partial charge on any atom is 0.134 e. The second-order valence-corrected chi connectivity index (χ2v) is 6.67. The first-order valence-corrected chi connectivity index (χ1v) is 9.67. The van der Waals surface area contributed by atoms with Gasteiger partial charge in [0.25, 0.3) is 0 Å². The molecule has 0 aliphatic rings. The first-order valence-electron chi connectivity index (χ1n) is 9.67. The average Bonchev–Trinajstić information content (AvgIpc) is 2.70. The van der Waals surface area contributed by atoms with Crippen LogP contribution < -0.4 is 10.2 Å². The zero-order valence-electron chi connectivity index (χ0n) is 16.2. The minimum atomic E-state index is 0.796. The van der Waals surface area contributed by atoms with Crippen molar-refractivity contribution in [3.63, 3.8) is 0 Å². The predicted octanol–water partition coefficient (Wildman–Crippen LogP) is 4.86. The van der Waals surface area contributed by atoms with Gasteiger partial charge in [0.15, 0.2) is 0 Å². The van der Waals surface area contributed by atoms with E-state index in [1.165, 1.54) is 11.1 Å². The molecule has 1 heterocycles. The van der Waals surface area contributed by atoms with Gasteiger partial charge in [-0.2, -0.15) is 0 Å². The Bertz CT molecular complexity index is 818. The summed E-state index contributed by atoms with van der Waals surface area (Å²) in [4.78, 5) is 11.5. The predicted molar refractivity (Wildman–Crippen MR) is 113 cm³/mol. The lowest BCUT2D eigenvalue weighted by Crippen LogP contribution is -2.23. The topological polar surface area (TPSA) is 41.0 Å². The number of aromatic nitrogens is 2. The minimum Gasteiger partial charge on any atom is -0.370 e. The summed E-state index contributed by atoms with van der Waals surface area (Å²) in [6.45, 7) is 6.76. The van der Waals surface area contributed by atoms with E-state index in [0.29, 0.717) is 0 Å². The minimum absolute atomic E-state index is 0.796. The van der Waals surface area contributed by atoms with Crippen molar-refractivity contribution < 1.29 is 0 Å². The lowest BCUT2D eigenvalue weighted by Gasteiger charge is -2.23. The van der Waals surface area contributed by atoms with Crippen molar-refractivity contribution >= 4 is 11.6 Å². The van der Waals surface area contributed by atoms with Gasteiger partial charge in [0.2, 0.25) is 0 Å². The summed E-state index contributed by atoms with van der Waals surface area (Å²) < 4.78 is 0. The summed E-state index contributed by atoms with van der Waals surface area (Å²) in [6, 6.07) is 23.2. The standard InChI is InChI=1S/C23H28N4/c1-3-27(18-21-13-8-5-9-14-21)23-17-22(25-19(2)26-23)24-16-10-15-20-11-6-4-7-12-20/h4-9,11-14,17H,3,10,15-16,18H2,1-2H3,(H,24,25,26). The van der Waals surface area contributed by atoms with Gasteiger partial charge < -0.3 is 10.2 Å². The fourth-order valence-corrected chi connectivity index (χ4v) is 3.12. The number of anilines is 2. The van der Waals surface area contributed by atoms with Crippen LogP contribution in [0.5, 0.6) is 0 Å². The summed E-state index contributed by atoms with van der Waals surface area (Å²) >= 11 is 0. The molecular formula is C23H28N4. The molecule has 27 heavy (non-hydrogen) atoms. The summed E-state index contributed by atoms with van der Waals surface area (Å²) in [5, 5.41) is 3.46. The zero-order chi connectivity index (χ0) is 18.9. The fourth-order valence-electron chi connectivity index (χ4n) is 3.12. The van der Waals surface area contributed by atoms with Gasteiger partial charge in [-0.3, -0.25) is 0 Å². The fraction of sp³-hybridized carbons (Fsp3) is 0.304. The molecule has 0 bridgehead atoms. The third-order valence-corrected chi connectivity index (χ3v) is 4.54. The number of rotatable bonds is 9. The summed E-state index contributed by atoms with van der Waals surface area (Å²) in [5.41, 5.74) is 2.66. The molecule has 4 nitrogen and oxygen atoms in total. The molecule has 0 radical (unpaired) electrons. The molecule has 0 amide bonds. The number of nitrogens with one attached hydrogen (secondary N) is 1. The Labute approximate surface area is 162 Å². The van der Waals surface area contributed by atoms with E-state index < -0.39 is 0 Å². The molecule has 1 aromatic heterocycles. The number of hydrogen-bond donors (Lipinski definition) is 1. The van der Waals surface area contributed by atoms with E-state index in [-0.39, 0.29) is 0 Å². The van der Waals surface area contributed by atoms with Gasteiger partial charge >= 0.3 is 0 Å². The molecule has 0 aliphatic carbocycles. The number of benzene rings is 2. The Hall–Kier alpha value is -2.88. The highest BCUT2D eigenvalue weighted by Crippen LogP contribution is 2.18. The molecule has 3 aromatic rings. The lowest BCUT2D eigenvalue weighted by atomic mass is 10.1. The van der Waals surface area contributed by atoms with E-state index in [4.69, 9.17) is 0 Å². The maximum atomic E-state index is 4.65. The van der Waals surface area contributed by atoms with Gasteiger partial charge in [-0.15, -0.1) is 0 Å². The van der Waals surface area contributed by atoms with Gasteiger partial charge in [-0.25, -0.2) is 9.97 Å². The second kappa shape index (κ2) is 9.72. The van der Waals surface area contributed by atoms with Crippen molar-refractivity contribution in [3.05, 3.63) is 83.7 Å². The van der Waals surface area contributed by atoms with Crippen LogP contribution >= 0.6 is 0 Å². The molecule has 0 aliphatic heterocycles. The summed E-state index contributed by atoms with van der Waals surface area (Å²) in [6.07, 6.45) is 2.14. The van der Waals surface area contributed by atoms with Crippen LogP contribution in [-0.2, 0) is 13.0 Å². The van der Waals surface area contributed by atoms with Crippen molar-refractivity contribution in [2.45, 2.75) is 33.2 Å². The highest BCUT2D eigenvalue weighted by molar-refractivity contribution is 5.49. The van der Waals surface area contributed by atoms with Gasteiger partial charge in [0, 0.05) is 25.7 Å². The number of nitrogens with zero attached hydrogens (tertiary/aromatic N) is 3. The molecule has 140 valence electrons. The van der Waals surface area contributed by atoms with E-state index in [9.17, 15) is 0 Å². The Kier molecular flexibility index (Phi) is 6.80. The normalized spacial score (nSPS) is 10.6. The second-order valence-electron chi connectivity index (χ2n) is 6.67. The highest BCUT2D eigenvalue weighted by Gasteiger charge is 2.10. The SMILES string of the molecule is CCN(Cc1ccccc1)c1cc(NCCCc2ccccc2)nc(C)n1. The van der Waals surface area contributed by atoms with Crippen LogP contribution in [0.1, 0.15) is 30.3 Å². The molecular weight excluding hydrogens is 332 g/mol. The van der Waals surface area contributed by atoms with Crippen molar-refractivity contribution in [3.8, 4) is 0 Å². The third-order valence-electron chi connectivity index (χ3n) is 4.54. The molecule has 4 heteroatoms. The van der Waals surface area contributed by atoms with Gasteiger partial charge in [0.05, 0.1) is 0 Å². The number of aryl methyl sites for hydroxylation is 2. The maximum absolute atomic E-state index is 4.65. The average molecular weight is 361 g/mol. The van der Waals surface area contributed by atoms with Crippen LogP contribution in [0.15, 0.2) is 66.7 Å². The van der Waals surface area contributed by atoms with Gasteiger partial charge in [-0.05, 0) is 37.8 Å². The van der Waals surface area contributed by atoms with Gasteiger partial charge in [0.1, 0.15) is 17.5 Å². The molecule has 0 saturated heterocycles. The first kappa shape index (κ1) is 18.9. The molecule has 0 fully saturated rings. The van der Waals surface area contributed by atoms with E-state index in [0.717, 1.165) is 49.9 Å². The lowest BCUT2D eigenvalue weighted by molar-refractivity contribution is 0.802. The molecule has 3 rings (SSSR count). The van der Waals surface area contributed by atoms with Crippen LogP contribution in [0.3, 0.4) is 0 Å². The molecule has 0 atom stereocenters. The largest absolute Gasteiger partial charge is 0.370 e. The molecule has 0 saturated carbocycles. The molecule has 2 aromatic carbocycles. The Morgan fingerprint density at radius 3 is 2.22 bits per heavy atom. The Morgan fingerprint density at radius 1 is 0.889 bits per heavy atom. The van der Waals surface area contributed by atoms with Crippen molar-refractivity contribution in [1.82, 2.24) is 9.97 Å². The summed E-state index contributed by atoms with van der Waals surface area (Å²) in [7, 11) is 0. The van der Waals surface area contributed by atoms with Crippen LogP contribution in [0, 0.1) is 6.92 Å². The van der Waals surface area contributed by atoms with E-state index in [1.807, 2.05) is 13.0 Å².